The second kappa shape index (κ2) is 16.8. The van der Waals surface area contributed by atoms with Gasteiger partial charge in [0.2, 0.25) is 0 Å². The molecule has 0 saturated heterocycles. The number of benzene rings is 8. The Morgan fingerprint density at radius 2 is 1.10 bits per heavy atom. The first-order chi connectivity index (χ1) is 34.9. The summed E-state index contributed by atoms with van der Waals surface area (Å²) < 4.78 is 52.9. The van der Waals surface area contributed by atoms with E-state index in [0.717, 1.165) is 55.7 Å². The van der Waals surface area contributed by atoms with Gasteiger partial charge in [0.15, 0.2) is 0 Å². The molecule has 0 radical (unpaired) electrons. The maximum atomic E-state index is 9.48. The van der Waals surface area contributed by atoms with Crippen LogP contribution in [0.5, 0.6) is 11.5 Å². The zero-order valence-corrected chi connectivity index (χ0v) is 39.3. The highest BCUT2D eigenvalue weighted by Crippen LogP contribution is 2.51. The summed E-state index contributed by atoms with van der Waals surface area (Å²) >= 11 is 0. The molecule has 8 aromatic carbocycles. The van der Waals surface area contributed by atoms with Crippen LogP contribution < -0.4 is 14.5 Å². The number of fused-ring (bicyclic) bond motifs is 4. The summed E-state index contributed by atoms with van der Waals surface area (Å²) in [6, 6.07) is 63.4. The smallest absolute Gasteiger partial charge is 0.137 e. The molecule has 0 fully saturated rings. The Kier molecular flexibility index (Phi) is 9.18. The Bertz CT molecular complexity index is 3710. The minimum atomic E-state index is -2.69. The molecule has 0 saturated carbocycles. The monoisotopic (exact) mass is 889 g/mol. The second-order valence-corrected chi connectivity index (χ2v) is 19.8. The molecule has 0 aliphatic carbocycles. The molecule has 68 heavy (non-hydrogen) atoms. The molecule has 0 N–H and O–H groups in total. The molecule has 3 heterocycles. The van der Waals surface area contributed by atoms with Gasteiger partial charge in [-0.25, -0.2) is 4.98 Å². The van der Waals surface area contributed by atoms with Crippen LogP contribution in [-0.2, 0) is 10.8 Å². The van der Waals surface area contributed by atoms with Gasteiger partial charge in [-0.05, 0) is 99.6 Å². The lowest BCUT2D eigenvalue weighted by Gasteiger charge is -2.29. The molecule has 10 aromatic rings. The summed E-state index contributed by atoms with van der Waals surface area (Å²) in [7, 11) is 0. The summed E-state index contributed by atoms with van der Waals surface area (Å²) in [5, 5.41) is 1.77. The quantitative estimate of drug-likeness (QED) is 0.152. The third kappa shape index (κ3) is 7.78. The van der Waals surface area contributed by atoms with Crippen molar-refractivity contribution in [1.82, 2.24) is 9.55 Å². The fourth-order valence-electron chi connectivity index (χ4n) is 9.57. The number of nitrogens with zero attached hydrogens (tertiary/aromatic N) is 4. The van der Waals surface area contributed by atoms with Crippen molar-refractivity contribution in [2.75, 3.05) is 16.5 Å². The van der Waals surface area contributed by atoms with Gasteiger partial charge in [-0.2, -0.15) is 0 Å². The third-order valence-electron chi connectivity index (χ3n) is 13.2. The van der Waals surface area contributed by atoms with E-state index >= 15 is 0 Å². The van der Waals surface area contributed by atoms with Crippen LogP contribution in [0.1, 0.15) is 65.1 Å². The summed E-state index contributed by atoms with van der Waals surface area (Å²) in [5.41, 5.74) is 13.2. The molecular weight excluding hydrogens is 829 g/mol. The number of rotatable bonds is 8. The van der Waals surface area contributed by atoms with Gasteiger partial charge in [0.25, 0.3) is 0 Å². The largest absolute Gasteiger partial charge is 0.457 e. The van der Waals surface area contributed by atoms with Gasteiger partial charge in [0, 0.05) is 55.6 Å². The number of ether oxygens (including phenoxy) is 1. The van der Waals surface area contributed by atoms with Crippen molar-refractivity contribution in [3.63, 3.8) is 0 Å². The van der Waals surface area contributed by atoms with Gasteiger partial charge in [-0.1, -0.05) is 175 Å². The fraction of sp³-hybridized carbons (Fsp3) is 0.159. The number of pyridine rings is 1. The lowest BCUT2D eigenvalue weighted by molar-refractivity contribution is 0.483. The SMILES string of the molecule is [2H]c1nc(-n2c3ccccc3c3ccc(Oc4cccc(N5CN(c6c(-c7ccccc7)cccc6-c6cc(C(C)(C)C)cc(C(C)(C)C)c6)c6ccccc65)c4)cc32)c([2H])c(C([2H])([2H])[2H])c1-c1ccccc1. The average molecular weight is 890 g/mol. The van der Waals surface area contributed by atoms with E-state index < -0.39 is 6.85 Å². The zero-order chi connectivity index (χ0) is 51.0. The van der Waals surface area contributed by atoms with Gasteiger partial charge in [0.1, 0.15) is 24.0 Å². The molecule has 5 nitrogen and oxygen atoms in total. The first kappa shape index (κ1) is 37.2. The normalized spacial score (nSPS) is 14.1. The Morgan fingerprint density at radius 1 is 0.515 bits per heavy atom. The standard InChI is InChI=1S/C63H56N4O/c1-42-34-60(64-40-55(42)44-22-12-9-13-23-44)67-56-29-15-14-26-53(56)54-33-32-50(39-59(54)67)68-49-25-18-24-48(38-49)65-41-66(58-31-17-16-30-57(58)65)61-51(43-20-10-8-11-21-43)27-19-28-52(61)45-35-46(62(2,3)4)37-47(36-45)63(5,6)7/h8-40H,41H2,1-7H3/i1D3,34D,40D. The third-order valence-corrected chi connectivity index (χ3v) is 13.2. The number of para-hydroxylation sites is 4. The van der Waals surface area contributed by atoms with Crippen LogP contribution in [-0.4, -0.2) is 16.2 Å². The molecule has 0 atom stereocenters. The van der Waals surface area contributed by atoms with Crippen molar-refractivity contribution in [3.05, 3.63) is 217 Å². The number of hydrogen-bond donors (Lipinski definition) is 0. The molecule has 0 unspecified atom stereocenters. The highest BCUT2D eigenvalue weighted by Gasteiger charge is 2.32. The molecule has 2 aromatic heterocycles. The summed E-state index contributed by atoms with van der Waals surface area (Å²) in [4.78, 5) is 9.48. The molecule has 334 valence electrons. The van der Waals surface area contributed by atoms with Gasteiger partial charge in [0.05, 0.1) is 30.8 Å². The minimum absolute atomic E-state index is 0.0585. The number of anilines is 4. The van der Waals surface area contributed by atoms with E-state index in [1.807, 2.05) is 60.7 Å². The van der Waals surface area contributed by atoms with Crippen molar-refractivity contribution in [3.8, 4) is 50.7 Å². The minimum Gasteiger partial charge on any atom is -0.457 e. The fourth-order valence-corrected chi connectivity index (χ4v) is 9.57. The van der Waals surface area contributed by atoms with E-state index in [1.165, 1.54) is 16.7 Å². The van der Waals surface area contributed by atoms with Crippen LogP contribution in [0.2, 0.25) is 0 Å². The summed E-state index contributed by atoms with van der Waals surface area (Å²) in [5.74, 6) is 1.23. The highest BCUT2D eigenvalue weighted by atomic mass is 16.5. The number of hydrogen-bond acceptors (Lipinski definition) is 4. The average Bonchev–Trinajstić information content (AvgIpc) is 3.92. The zero-order valence-electron chi connectivity index (χ0n) is 44.3. The van der Waals surface area contributed by atoms with Crippen molar-refractivity contribution in [2.24, 2.45) is 0 Å². The van der Waals surface area contributed by atoms with E-state index in [9.17, 15) is 1.37 Å². The van der Waals surface area contributed by atoms with Crippen LogP contribution >= 0.6 is 0 Å². The van der Waals surface area contributed by atoms with E-state index in [-0.39, 0.29) is 40.0 Å². The molecule has 11 rings (SSSR count). The van der Waals surface area contributed by atoms with Crippen molar-refractivity contribution < 1.29 is 11.6 Å². The van der Waals surface area contributed by atoms with Crippen LogP contribution in [0.3, 0.4) is 0 Å². The van der Waals surface area contributed by atoms with Gasteiger partial charge in [-0.15, -0.1) is 0 Å². The maximum Gasteiger partial charge on any atom is 0.137 e. The Morgan fingerprint density at radius 3 is 1.79 bits per heavy atom. The van der Waals surface area contributed by atoms with Gasteiger partial charge >= 0.3 is 0 Å². The van der Waals surface area contributed by atoms with E-state index in [0.29, 0.717) is 29.2 Å². The predicted octanol–water partition coefficient (Wildman–Crippen LogP) is 17.1. The van der Waals surface area contributed by atoms with E-state index in [4.69, 9.17) is 15.2 Å². The Hall–Kier alpha value is -7.89. The van der Waals surface area contributed by atoms with Gasteiger partial charge < -0.3 is 14.5 Å². The highest BCUT2D eigenvalue weighted by molar-refractivity contribution is 6.09. The molecule has 1 aliphatic heterocycles. The van der Waals surface area contributed by atoms with Crippen LogP contribution in [0.25, 0.3) is 61.0 Å². The Labute approximate surface area is 407 Å². The molecule has 5 heteroatoms. The maximum absolute atomic E-state index is 9.48. The first-order valence-corrected chi connectivity index (χ1v) is 23.3. The molecule has 1 aliphatic rings. The van der Waals surface area contributed by atoms with Crippen molar-refractivity contribution in [2.45, 2.75) is 59.2 Å². The van der Waals surface area contributed by atoms with Crippen LogP contribution in [0, 0.1) is 6.85 Å². The topological polar surface area (TPSA) is 33.5 Å². The van der Waals surface area contributed by atoms with E-state index in [2.05, 4.69) is 154 Å². The summed E-state index contributed by atoms with van der Waals surface area (Å²) in [6.45, 7) is 11.6. The lowest BCUT2D eigenvalue weighted by atomic mass is 9.78. The van der Waals surface area contributed by atoms with Crippen molar-refractivity contribution in [1.29, 1.82) is 0 Å². The van der Waals surface area contributed by atoms with E-state index in [1.54, 1.807) is 28.8 Å². The number of aromatic nitrogens is 2. The second-order valence-electron chi connectivity index (χ2n) is 19.8. The molecular formula is C63H56N4O. The van der Waals surface area contributed by atoms with Crippen LogP contribution in [0.4, 0.5) is 22.7 Å². The Balaban J connectivity index is 1.00. The lowest BCUT2D eigenvalue weighted by Crippen LogP contribution is -2.25. The first-order valence-electron chi connectivity index (χ1n) is 25.8. The van der Waals surface area contributed by atoms with Crippen molar-refractivity contribution >= 4 is 44.6 Å². The predicted molar refractivity (Wildman–Crippen MR) is 286 cm³/mol. The summed E-state index contributed by atoms with van der Waals surface area (Å²) in [6.07, 6.45) is -0.218. The van der Waals surface area contributed by atoms with Gasteiger partial charge in [-0.3, -0.25) is 4.57 Å². The molecule has 0 amide bonds. The molecule has 0 spiro atoms. The molecule has 0 bridgehead atoms. The van der Waals surface area contributed by atoms with Crippen LogP contribution in [0.15, 0.2) is 200 Å².